The van der Waals surface area contributed by atoms with E-state index in [9.17, 15) is 0 Å². The fourth-order valence-electron chi connectivity index (χ4n) is 4.53. The molecule has 0 amide bonds. The number of benzene rings is 2. The van der Waals surface area contributed by atoms with E-state index in [1.807, 2.05) is 24.4 Å². The van der Waals surface area contributed by atoms with E-state index in [0.29, 0.717) is 5.11 Å². The maximum atomic E-state index is 5.90. The molecule has 0 aliphatic carbocycles. The average molecular weight is 439 g/mol. The molecule has 1 aliphatic heterocycles. The zero-order chi connectivity index (χ0) is 22.2. The molecule has 0 unspecified atom stereocenters. The zero-order valence-corrected chi connectivity index (χ0v) is 19.3. The Labute approximate surface area is 194 Å². The molecule has 0 spiro atoms. The number of hydrogen-bond acceptors (Lipinski definition) is 2. The third-order valence-electron chi connectivity index (χ3n) is 6.29. The highest BCUT2D eigenvalue weighted by molar-refractivity contribution is 7.80. The summed E-state index contributed by atoms with van der Waals surface area (Å²) in [7, 11) is 0. The molecule has 1 N–H and O–H groups in total. The Balaban J connectivity index is 1.71. The number of thiocarbonyl (C=S) groups is 1. The molecule has 0 radical (unpaired) electrons. The fraction of sp³-hybridized carbons (Fsp3) is 0.185. The van der Waals surface area contributed by atoms with Crippen molar-refractivity contribution in [2.45, 2.75) is 32.9 Å². The second-order valence-electron chi connectivity index (χ2n) is 8.34. The van der Waals surface area contributed by atoms with Crippen LogP contribution >= 0.6 is 12.2 Å². The van der Waals surface area contributed by atoms with E-state index in [1.165, 1.54) is 22.5 Å². The van der Waals surface area contributed by atoms with Gasteiger partial charge in [0.25, 0.3) is 0 Å². The van der Waals surface area contributed by atoms with Crippen molar-refractivity contribution in [3.8, 4) is 5.69 Å². The lowest BCUT2D eigenvalue weighted by molar-refractivity contribution is 0.548. The maximum Gasteiger partial charge on any atom is 0.174 e. The van der Waals surface area contributed by atoms with Crippen LogP contribution in [-0.4, -0.2) is 14.7 Å². The van der Waals surface area contributed by atoms with Gasteiger partial charge in [-0.05, 0) is 92.6 Å². The lowest BCUT2D eigenvalue weighted by Crippen LogP contribution is -2.30. The number of para-hydroxylation sites is 1. The predicted octanol–water partition coefficient (Wildman–Crippen LogP) is 5.97. The van der Waals surface area contributed by atoms with Crippen molar-refractivity contribution < 1.29 is 0 Å². The van der Waals surface area contributed by atoms with Gasteiger partial charge in [0.15, 0.2) is 5.11 Å². The van der Waals surface area contributed by atoms with Crippen LogP contribution < -0.4 is 10.2 Å². The highest BCUT2D eigenvalue weighted by Crippen LogP contribution is 2.43. The van der Waals surface area contributed by atoms with Crippen molar-refractivity contribution >= 4 is 23.0 Å². The third kappa shape index (κ3) is 3.49. The summed E-state index contributed by atoms with van der Waals surface area (Å²) in [4.78, 5) is 6.93. The molecule has 3 heterocycles. The molecule has 2 aromatic heterocycles. The molecular formula is C27H26N4S. The SMILES string of the molecule is Cc1ccc(N2C(=S)N[C@H](c3ccccn3)[C@@H]2c2ccc(C)n2-c2ccccc2)cc1C. The molecule has 1 fully saturated rings. The molecule has 1 saturated heterocycles. The summed E-state index contributed by atoms with van der Waals surface area (Å²) in [6, 6.07) is 27.4. The van der Waals surface area contributed by atoms with E-state index in [1.54, 1.807) is 0 Å². The Hall–Kier alpha value is -3.44. The van der Waals surface area contributed by atoms with E-state index in [-0.39, 0.29) is 12.1 Å². The van der Waals surface area contributed by atoms with Gasteiger partial charge in [-0.2, -0.15) is 0 Å². The van der Waals surface area contributed by atoms with E-state index in [0.717, 1.165) is 17.1 Å². The number of nitrogens with one attached hydrogen (secondary N) is 1. The van der Waals surface area contributed by atoms with Crippen molar-refractivity contribution in [3.05, 3.63) is 113 Å². The van der Waals surface area contributed by atoms with E-state index < -0.39 is 0 Å². The first kappa shape index (κ1) is 20.5. The van der Waals surface area contributed by atoms with Crippen molar-refractivity contribution in [2.24, 2.45) is 0 Å². The van der Waals surface area contributed by atoms with Crippen molar-refractivity contribution in [2.75, 3.05) is 4.90 Å². The average Bonchev–Trinajstić information content (AvgIpc) is 3.36. The van der Waals surface area contributed by atoms with Crippen LogP contribution in [0, 0.1) is 20.8 Å². The summed E-state index contributed by atoms with van der Waals surface area (Å²) in [6.45, 7) is 6.43. The smallest absolute Gasteiger partial charge is 0.174 e. The van der Waals surface area contributed by atoms with Crippen LogP contribution in [0.3, 0.4) is 0 Å². The number of aryl methyl sites for hydroxylation is 3. The summed E-state index contributed by atoms with van der Waals surface area (Å²) in [6.07, 6.45) is 1.84. The quantitative estimate of drug-likeness (QED) is 0.398. The highest BCUT2D eigenvalue weighted by atomic mass is 32.1. The number of hydrogen-bond donors (Lipinski definition) is 1. The summed E-state index contributed by atoms with van der Waals surface area (Å²) >= 11 is 5.90. The highest BCUT2D eigenvalue weighted by Gasteiger charge is 2.42. The third-order valence-corrected chi connectivity index (χ3v) is 6.60. The number of anilines is 1. The zero-order valence-electron chi connectivity index (χ0n) is 18.5. The summed E-state index contributed by atoms with van der Waals surface area (Å²) in [5, 5.41) is 4.29. The first-order valence-electron chi connectivity index (χ1n) is 10.9. The molecule has 32 heavy (non-hydrogen) atoms. The molecule has 2 aromatic carbocycles. The molecule has 0 bridgehead atoms. The Morgan fingerprint density at radius 1 is 0.812 bits per heavy atom. The van der Waals surface area contributed by atoms with Gasteiger partial charge < -0.3 is 14.8 Å². The van der Waals surface area contributed by atoms with Crippen LogP contribution in [0.5, 0.6) is 0 Å². The van der Waals surface area contributed by atoms with Gasteiger partial charge in [-0.1, -0.05) is 30.3 Å². The second-order valence-corrected chi connectivity index (χ2v) is 8.72. The first-order chi connectivity index (χ1) is 15.5. The van der Waals surface area contributed by atoms with Crippen molar-refractivity contribution in [1.82, 2.24) is 14.9 Å². The van der Waals surface area contributed by atoms with Gasteiger partial charge in [0.1, 0.15) is 6.04 Å². The minimum Gasteiger partial charge on any atom is -0.351 e. The fourth-order valence-corrected chi connectivity index (χ4v) is 4.87. The number of rotatable bonds is 4. The Kier molecular flexibility index (Phi) is 5.27. The minimum atomic E-state index is -0.0675. The van der Waals surface area contributed by atoms with Gasteiger partial charge in [0.2, 0.25) is 0 Å². The lowest BCUT2D eigenvalue weighted by Gasteiger charge is -2.29. The summed E-state index contributed by atoms with van der Waals surface area (Å²) in [5.41, 5.74) is 8.09. The van der Waals surface area contributed by atoms with Crippen LogP contribution in [0.25, 0.3) is 5.69 Å². The van der Waals surface area contributed by atoms with E-state index in [2.05, 4.69) is 101 Å². The number of pyridine rings is 1. The monoisotopic (exact) mass is 438 g/mol. The van der Waals surface area contributed by atoms with Crippen LogP contribution in [0.1, 0.15) is 40.3 Å². The molecule has 160 valence electrons. The number of aromatic nitrogens is 2. The van der Waals surface area contributed by atoms with E-state index >= 15 is 0 Å². The molecule has 2 atom stereocenters. The Morgan fingerprint density at radius 3 is 2.31 bits per heavy atom. The van der Waals surface area contributed by atoms with Crippen LogP contribution in [0.2, 0.25) is 0 Å². The van der Waals surface area contributed by atoms with Gasteiger partial charge in [0.05, 0.1) is 11.7 Å². The standard InChI is InChI=1S/C27H26N4S/c1-18-12-14-22(17-19(18)2)31-26(25(29-27(31)32)23-11-7-8-16-28-23)24-15-13-20(3)30(24)21-9-5-4-6-10-21/h4-17,25-26H,1-3H3,(H,29,32)/t25-,26+/m1/s1. The summed E-state index contributed by atoms with van der Waals surface area (Å²) in [5.74, 6) is 0. The normalized spacial score (nSPS) is 18.1. The molecule has 4 aromatic rings. The molecule has 0 saturated carbocycles. The predicted molar refractivity (Wildman–Crippen MR) is 134 cm³/mol. The first-order valence-corrected chi connectivity index (χ1v) is 11.3. The van der Waals surface area contributed by atoms with Gasteiger partial charge in [0, 0.05) is 29.0 Å². The Bertz CT molecular complexity index is 1260. The van der Waals surface area contributed by atoms with Gasteiger partial charge in [-0.3, -0.25) is 4.98 Å². The Morgan fingerprint density at radius 2 is 1.59 bits per heavy atom. The minimum absolute atomic E-state index is 0.0478. The van der Waals surface area contributed by atoms with Crippen LogP contribution in [-0.2, 0) is 0 Å². The van der Waals surface area contributed by atoms with Gasteiger partial charge >= 0.3 is 0 Å². The molecule has 1 aliphatic rings. The number of nitrogens with zero attached hydrogens (tertiary/aromatic N) is 3. The molecule has 5 rings (SSSR count). The van der Waals surface area contributed by atoms with Crippen LogP contribution in [0.4, 0.5) is 5.69 Å². The van der Waals surface area contributed by atoms with Crippen LogP contribution in [0.15, 0.2) is 85.1 Å². The topological polar surface area (TPSA) is 33.1 Å². The second kappa shape index (κ2) is 8.24. The molecule has 4 nitrogen and oxygen atoms in total. The largest absolute Gasteiger partial charge is 0.351 e. The van der Waals surface area contributed by atoms with E-state index in [4.69, 9.17) is 12.2 Å². The summed E-state index contributed by atoms with van der Waals surface area (Å²) < 4.78 is 2.32. The van der Waals surface area contributed by atoms with Gasteiger partial charge in [-0.25, -0.2) is 0 Å². The van der Waals surface area contributed by atoms with Gasteiger partial charge in [-0.15, -0.1) is 0 Å². The maximum absolute atomic E-state index is 5.90. The van der Waals surface area contributed by atoms with Crippen molar-refractivity contribution in [1.29, 1.82) is 0 Å². The molecule has 5 heteroatoms. The lowest BCUT2D eigenvalue weighted by atomic mass is 10.00. The molecular weight excluding hydrogens is 412 g/mol. The van der Waals surface area contributed by atoms with Crippen molar-refractivity contribution in [3.63, 3.8) is 0 Å².